The summed E-state index contributed by atoms with van der Waals surface area (Å²) in [6, 6.07) is 7.45. The standard InChI is InChI=1S/C15H12INO3/c1-15-6-5-10(20-15)11-12(15)14(19)17(13(11)18)9-4-2-3-8(16)7-9/h2-7,10-12H,1H3/t10-,11+,12+,15+/m1/s1. The quantitative estimate of drug-likeness (QED) is 0.426. The third-order valence-corrected chi connectivity index (χ3v) is 5.07. The van der Waals surface area contributed by atoms with E-state index in [1.165, 1.54) is 4.90 Å². The molecule has 0 aromatic heterocycles. The SMILES string of the molecule is C[C@@]12C=C[C@@H](O1)[C@@H]1C(=O)N(c3cccc(I)c3)C(=O)[C@H]12. The van der Waals surface area contributed by atoms with Crippen molar-refractivity contribution in [2.75, 3.05) is 4.90 Å². The molecule has 3 aliphatic rings. The lowest BCUT2D eigenvalue weighted by Gasteiger charge is -2.24. The van der Waals surface area contributed by atoms with E-state index in [9.17, 15) is 9.59 Å². The van der Waals surface area contributed by atoms with Crippen LogP contribution in [0.25, 0.3) is 0 Å². The lowest BCUT2D eigenvalue weighted by molar-refractivity contribution is -0.126. The molecule has 2 saturated heterocycles. The Kier molecular flexibility index (Phi) is 2.45. The summed E-state index contributed by atoms with van der Waals surface area (Å²) < 4.78 is 6.80. The lowest BCUT2D eigenvalue weighted by Crippen LogP contribution is -2.38. The van der Waals surface area contributed by atoms with Crippen LogP contribution in [0.3, 0.4) is 0 Å². The van der Waals surface area contributed by atoms with E-state index in [0.717, 1.165) is 3.57 Å². The van der Waals surface area contributed by atoms with Crippen LogP contribution in [-0.2, 0) is 14.3 Å². The number of anilines is 1. The molecule has 20 heavy (non-hydrogen) atoms. The van der Waals surface area contributed by atoms with Crippen molar-refractivity contribution in [3.8, 4) is 0 Å². The van der Waals surface area contributed by atoms with Crippen LogP contribution in [0, 0.1) is 15.4 Å². The molecule has 2 fully saturated rings. The molecule has 5 heteroatoms. The van der Waals surface area contributed by atoms with Crippen molar-refractivity contribution in [3.63, 3.8) is 0 Å². The molecule has 0 unspecified atom stereocenters. The van der Waals surface area contributed by atoms with E-state index in [2.05, 4.69) is 22.6 Å². The van der Waals surface area contributed by atoms with E-state index in [1.807, 2.05) is 37.3 Å². The summed E-state index contributed by atoms with van der Waals surface area (Å²) in [6.07, 6.45) is 3.57. The van der Waals surface area contributed by atoms with Crippen molar-refractivity contribution >= 4 is 40.1 Å². The van der Waals surface area contributed by atoms with E-state index in [1.54, 1.807) is 6.07 Å². The second-order valence-electron chi connectivity index (χ2n) is 5.62. The van der Waals surface area contributed by atoms with Crippen molar-refractivity contribution < 1.29 is 14.3 Å². The van der Waals surface area contributed by atoms with Gasteiger partial charge >= 0.3 is 0 Å². The molecular weight excluding hydrogens is 369 g/mol. The van der Waals surface area contributed by atoms with Gasteiger partial charge in [-0.25, -0.2) is 4.90 Å². The molecule has 0 aliphatic carbocycles. The topological polar surface area (TPSA) is 46.6 Å². The van der Waals surface area contributed by atoms with Crippen molar-refractivity contribution in [2.24, 2.45) is 11.8 Å². The highest BCUT2D eigenvalue weighted by atomic mass is 127. The number of carbonyl (C=O) groups excluding carboxylic acids is 2. The van der Waals surface area contributed by atoms with Crippen LogP contribution in [0.1, 0.15) is 6.92 Å². The molecule has 4 atom stereocenters. The van der Waals surface area contributed by atoms with Crippen LogP contribution in [-0.4, -0.2) is 23.5 Å². The minimum absolute atomic E-state index is 0.139. The summed E-state index contributed by atoms with van der Waals surface area (Å²) in [5, 5.41) is 0. The summed E-state index contributed by atoms with van der Waals surface area (Å²) in [5.74, 6) is -1.03. The van der Waals surface area contributed by atoms with E-state index in [0.29, 0.717) is 5.69 Å². The molecule has 2 bridgehead atoms. The summed E-state index contributed by atoms with van der Waals surface area (Å²) in [6.45, 7) is 1.89. The third-order valence-electron chi connectivity index (χ3n) is 4.40. The molecule has 102 valence electrons. The fourth-order valence-electron chi connectivity index (χ4n) is 3.52. The number of ether oxygens (including phenoxy) is 1. The molecule has 3 heterocycles. The van der Waals surface area contributed by atoms with Gasteiger partial charge in [0.2, 0.25) is 11.8 Å². The number of imide groups is 1. The first-order chi connectivity index (χ1) is 9.51. The minimum Gasteiger partial charge on any atom is -0.362 e. The van der Waals surface area contributed by atoms with Gasteiger partial charge in [-0.15, -0.1) is 0 Å². The van der Waals surface area contributed by atoms with Gasteiger partial charge in [-0.3, -0.25) is 9.59 Å². The molecule has 0 saturated carbocycles. The van der Waals surface area contributed by atoms with Gasteiger partial charge in [0.25, 0.3) is 0 Å². The van der Waals surface area contributed by atoms with Gasteiger partial charge in [0, 0.05) is 3.57 Å². The van der Waals surface area contributed by atoms with Crippen LogP contribution in [0.15, 0.2) is 36.4 Å². The molecule has 2 amide bonds. The fourth-order valence-corrected chi connectivity index (χ4v) is 4.05. The van der Waals surface area contributed by atoms with Crippen LogP contribution in [0.5, 0.6) is 0 Å². The number of rotatable bonds is 1. The first-order valence-corrected chi connectivity index (χ1v) is 7.60. The second-order valence-corrected chi connectivity index (χ2v) is 6.87. The number of carbonyl (C=O) groups is 2. The molecule has 0 spiro atoms. The van der Waals surface area contributed by atoms with Gasteiger partial charge in [-0.1, -0.05) is 18.2 Å². The molecule has 1 aromatic carbocycles. The molecule has 4 nitrogen and oxygen atoms in total. The summed E-state index contributed by atoms with van der Waals surface area (Å²) >= 11 is 2.18. The van der Waals surface area contributed by atoms with Crippen molar-refractivity contribution in [1.82, 2.24) is 0 Å². The van der Waals surface area contributed by atoms with Crippen molar-refractivity contribution in [2.45, 2.75) is 18.6 Å². The Balaban J connectivity index is 1.79. The Bertz CT molecular complexity index is 671. The highest BCUT2D eigenvalue weighted by Crippen LogP contribution is 2.52. The summed E-state index contributed by atoms with van der Waals surface area (Å²) in [5.41, 5.74) is 0.0305. The monoisotopic (exact) mass is 381 g/mol. The Morgan fingerprint density at radius 1 is 1.30 bits per heavy atom. The van der Waals surface area contributed by atoms with E-state index < -0.39 is 5.60 Å². The lowest BCUT2D eigenvalue weighted by atomic mass is 9.78. The van der Waals surface area contributed by atoms with Gasteiger partial charge in [0.15, 0.2) is 0 Å². The van der Waals surface area contributed by atoms with E-state index in [-0.39, 0.29) is 29.8 Å². The molecule has 3 aliphatic heterocycles. The highest BCUT2D eigenvalue weighted by molar-refractivity contribution is 14.1. The first-order valence-electron chi connectivity index (χ1n) is 6.52. The van der Waals surface area contributed by atoms with Gasteiger partial charge < -0.3 is 4.74 Å². The first kappa shape index (κ1) is 12.5. The largest absolute Gasteiger partial charge is 0.362 e. The van der Waals surface area contributed by atoms with Gasteiger partial charge in [0.05, 0.1) is 29.2 Å². The number of fused-ring (bicyclic) bond motifs is 5. The molecule has 0 radical (unpaired) electrons. The van der Waals surface area contributed by atoms with Crippen LogP contribution < -0.4 is 4.90 Å². The number of benzene rings is 1. The summed E-state index contributed by atoms with van der Waals surface area (Å²) in [4.78, 5) is 26.7. The zero-order chi connectivity index (χ0) is 14.1. The Morgan fingerprint density at radius 2 is 2.10 bits per heavy atom. The average Bonchev–Trinajstić information content (AvgIpc) is 2.99. The van der Waals surface area contributed by atoms with E-state index in [4.69, 9.17) is 4.74 Å². The van der Waals surface area contributed by atoms with E-state index >= 15 is 0 Å². The molecular formula is C15H12INO3. The van der Waals surface area contributed by atoms with Gasteiger partial charge in [0.1, 0.15) is 0 Å². The normalized spacial score (nSPS) is 37.9. The van der Waals surface area contributed by atoms with Gasteiger partial charge in [-0.05, 0) is 47.7 Å². The highest BCUT2D eigenvalue weighted by Gasteiger charge is 2.65. The zero-order valence-corrected chi connectivity index (χ0v) is 12.9. The van der Waals surface area contributed by atoms with Gasteiger partial charge in [-0.2, -0.15) is 0 Å². The average molecular weight is 381 g/mol. The Morgan fingerprint density at radius 3 is 2.80 bits per heavy atom. The Labute approximate surface area is 129 Å². The minimum atomic E-state index is -0.626. The third kappa shape index (κ3) is 1.45. The smallest absolute Gasteiger partial charge is 0.241 e. The maximum atomic E-state index is 12.7. The Hall–Kier alpha value is -1.21. The fraction of sp³-hybridized carbons (Fsp3) is 0.333. The number of hydrogen-bond acceptors (Lipinski definition) is 3. The number of halogens is 1. The second kappa shape index (κ2) is 3.92. The zero-order valence-electron chi connectivity index (χ0n) is 10.7. The predicted molar refractivity (Wildman–Crippen MR) is 81.1 cm³/mol. The maximum absolute atomic E-state index is 12.7. The molecule has 1 aromatic rings. The molecule has 0 N–H and O–H groups in total. The van der Waals surface area contributed by atoms with Crippen LogP contribution >= 0.6 is 22.6 Å². The molecule has 4 rings (SSSR count). The van der Waals surface area contributed by atoms with Crippen LogP contribution in [0.4, 0.5) is 5.69 Å². The number of hydrogen-bond donors (Lipinski definition) is 0. The summed E-state index contributed by atoms with van der Waals surface area (Å²) in [7, 11) is 0. The predicted octanol–water partition coefficient (Wildman–Crippen LogP) is 2.12. The number of amides is 2. The van der Waals surface area contributed by atoms with Crippen LogP contribution in [0.2, 0.25) is 0 Å². The number of nitrogens with zero attached hydrogens (tertiary/aromatic N) is 1. The van der Waals surface area contributed by atoms with Crippen molar-refractivity contribution in [1.29, 1.82) is 0 Å². The van der Waals surface area contributed by atoms with Crippen molar-refractivity contribution in [3.05, 3.63) is 40.0 Å². The maximum Gasteiger partial charge on any atom is 0.241 e.